The first kappa shape index (κ1) is 11.9. The van der Waals surface area contributed by atoms with Gasteiger partial charge in [-0.1, -0.05) is 13.3 Å². The molecule has 0 amide bonds. The molecule has 6 heteroatoms. The number of nitrogens with zero attached hydrogens (tertiary/aromatic N) is 1. The minimum absolute atomic E-state index is 0.0891. The van der Waals surface area contributed by atoms with Gasteiger partial charge in [-0.15, -0.1) is 0 Å². The van der Waals surface area contributed by atoms with E-state index in [-0.39, 0.29) is 19.2 Å². The van der Waals surface area contributed by atoms with Crippen LogP contribution in [0.2, 0.25) is 0 Å². The van der Waals surface area contributed by atoms with Crippen LogP contribution in [0.15, 0.2) is 0 Å². The molecule has 0 aliphatic heterocycles. The van der Waals surface area contributed by atoms with Crippen LogP contribution in [0.3, 0.4) is 0 Å². The second-order valence-electron chi connectivity index (χ2n) is 3.42. The molecule has 0 spiro atoms. The molecule has 5 nitrogen and oxygen atoms in total. The highest BCUT2D eigenvalue weighted by Gasteiger charge is 2.32. The fourth-order valence-corrected chi connectivity index (χ4v) is 2.99. The topological polar surface area (TPSA) is 69.6 Å². The van der Waals surface area contributed by atoms with Crippen molar-refractivity contribution >= 4 is 10.2 Å². The first-order chi connectivity index (χ1) is 6.61. The van der Waals surface area contributed by atoms with E-state index in [1.807, 2.05) is 0 Å². The molecule has 0 heterocycles. The average Bonchev–Trinajstić information content (AvgIpc) is 2.00. The quantitative estimate of drug-likeness (QED) is 0.647. The third-order valence-electron chi connectivity index (χ3n) is 2.44. The lowest BCUT2D eigenvalue weighted by Crippen LogP contribution is -2.50. The van der Waals surface area contributed by atoms with E-state index < -0.39 is 10.2 Å². The molecule has 0 aromatic heterocycles. The van der Waals surface area contributed by atoms with Crippen molar-refractivity contribution in [2.75, 3.05) is 19.7 Å². The van der Waals surface area contributed by atoms with Crippen LogP contribution < -0.4 is 4.72 Å². The number of aliphatic hydroxyl groups excluding tert-OH is 1. The normalized spacial score (nSPS) is 18.5. The van der Waals surface area contributed by atoms with Crippen molar-refractivity contribution in [1.82, 2.24) is 9.03 Å². The Morgan fingerprint density at radius 3 is 2.50 bits per heavy atom. The Morgan fingerprint density at radius 1 is 1.50 bits per heavy atom. The van der Waals surface area contributed by atoms with E-state index in [9.17, 15) is 8.42 Å². The third kappa shape index (κ3) is 2.66. The zero-order valence-corrected chi connectivity index (χ0v) is 9.26. The Balaban J connectivity index is 2.65. The molecule has 0 bridgehead atoms. The van der Waals surface area contributed by atoms with Crippen molar-refractivity contribution < 1.29 is 13.5 Å². The Bertz CT molecular complexity index is 262. The first-order valence-electron chi connectivity index (χ1n) is 4.99. The second kappa shape index (κ2) is 5.06. The maximum absolute atomic E-state index is 11.7. The van der Waals surface area contributed by atoms with Crippen LogP contribution in [-0.2, 0) is 10.2 Å². The van der Waals surface area contributed by atoms with Gasteiger partial charge in [-0.25, -0.2) is 4.72 Å². The molecule has 1 aliphatic rings. The van der Waals surface area contributed by atoms with Crippen LogP contribution in [0.25, 0.3) is 0 Å². The SMILES string of the molecule is CCNS(=O)(=O)N(CCO)C1CCC1. The van der Waals surface area contributed by atoms with Gasteiger partial charge in [0.25, 0.3) is 10.2 Å². The van der Waals surface area contributed by atoms with Gasteiger partial charge in [0.1, 0.15) is 0 Å². The molecule has 0 aromatic carbocycles. The molecular formula is C8H18N2O3S. The van der Waals surface area contributed by atoms with E-state index >= 15 is 0 Å². The molecule has 2 N–H and O–H groups in total. The van der Waals surface area contributed by atoms with Crippen molar-refractivity contribution in [1.29, 1.82) is 0 Å². The minimum Gasteiger partial charge on any atom is -0.395 e. The summed E-state index contributed by atoms with van der Waals surface area (Å²) in [5.74, 6) is 0. The smallest absolute Gasteiger partial charge is 0.279 e. The molecule has 0 radical (unpaired) electrons. The molecule has 0 unspecified atom stereocenters. The summed E-state index contributed by atoms with van der Waals surface area (Å²) in [5.41, 5.74) is 0. The maximum Gasteiger partial charge on any atom is 0.279 e. The first-order valence-corrected chi connectivity index (χ1v) is 6.43. The standard InChI is InChI=1S/C8H18N2O3S/c1-2-9-14(12,13)10(6-7-11)8-4-3-5-8/h8-9,11H,2-7H2,1H3. The van der Waals surface area contributed by atoms with Gasteiger partial charge < -0.3 is 5.11 Å². The Labute approximate surface area is 85.3 Å². The monoisotopic (exact) mass is 222 g/mol. The number of aliphatic hydroxyl groups is 1. The van der Waals surface area contributed by atoms with E-state index in [0.717, 1.165) is 19.3 Å². The van der Waals surface area contributed by atoms with Gasteiger partial charge in [0.05, 0.1) is 6.61 Å². The summed E-state index contributed by atoms with van der Waals surface area (Å²) in [6.45, 7) is 2.20. The molecule has 14 heavy (non-hydrogen) atoms. The van der Waals surface area contributed by atoms with Crippen LogP contribution in [0.5, 0.6) is 0 Å². The number of rotatable bonds is 6. The van der Waals surface area contributed by atoms with Crippen LogP contribution in [0, 0.1) is 0 Å². The van der Waals surface area contributed by atoms with Crippen molar-refractivity contribution in [3.63, 3.8) is 0 Å². The Hall–Kier alpha value is -0.170. The largest absolute Gasteiger partial charge is 0.395 e. The van der Waals surface area contributed by atoms with Gasteiger partial charge in [0, 0.05) is 19.1 Å². The summed E-state index contributed by atoms with van der Waals surface area (Å²) in [5, 5.41) is 8.80. The van der Waals surface area contributed by atoms with Crippen LogP contribution in [-0.4, -0.2) is 43.6 Å². The molecule has 1 fully saturated rings. The number of hydrogen-bond acceptors (Lipinski definition) is 3. The molecule has 0 atom stereocenters. The minimum atomic E-state index is -3.37. The summed E-state index contributed by atoms with van der Waals surface area (Å²) >= 11 is 0. The van der Waals surface area contributed by atoms with Gasteiger partial charge in [0.15, 0.2) is 0 Å². The van der Waals surface area contributed by atoms with Crippen LogP contribution in [0.4, 0.5) is 0 Å². The zero-order chi connectivity index (χ0) is 10.6. The van der Waals surface area contributed by atoms with E-state index in [0.29, 0.717) is 6.54 Å². The summed E-state index contributed by atoms with van der Waals surface area (Å²) in [6, 6.07) is 0.0891. The van der Waals surface area contributed by atoms with Gasteiger partial charge >= 0.3 is 0 Å². The van der Waals surface area contributed by atoms with Crippen molar-refractivity contribution in [3.05, 3.63) is 0 Å². The molecule has 1 aliphatic carbocycles. The number of hydrogen-bond donors (Lipinski definition) is 2. The van der Waals surface area contributed by atoms with E-state index in [1.54, 1.807) is 6.92 Å². The highest BCUT2D eigenvalue weighted by molar-refractivity contribution is 7.87. The summed E-state index contributed by atoms with van der Waals surface area (Å²) in [7, 11) is -3.37. The van der Waals surface area contributed by atoms with E-state index in [2.05, 4.69) is 4.72 Å². The Kier molecular flexibility index (Phi) is 4.31. The lowest BCUT2D eigenvalue weighted by molar-refractivity contribution is 0.176. The molecular weight excluding hydrogens is 204 g/mol. The van der Waals surface area contributed by atoms with Gasteiger partial charge in [-0.05, 0) is 12.8 Å². The predicted molar refractivity (Wildman–Crippen MR) is 54.0 cm³/mol. The fraction of sp³-hybridized carbons (Fsp3) is 1.00. The molecule has 0 aromatic rings. The van der Waals surface area contributed by atoms with Crippen molar-refractivity contribution in [2.24, 2.45) is 0 Å². The zero-order valence-electron chi connectivity index (χ0n) is 8.44. The van der Waals surface area contributed by atoms with Crippen LogP contribution in [0.1, 0.15) is 26.2 Å². The molecule has 1 rings (SSSR count). The second-order valence-corrected chi connectivity index (χ2v) is 5.13. The average molecular weight is 222 g/mol. The highest BCUT2D eigenvalue weighted by atomic mass is 32.2. The lowest BCUT2D eigenvalue weighted by atomic mass is 9.93. The summed E-state index contributed by atoms with van der Waals surface area (Å²) in [6.07, 6.45) is 2.89. The molecule has 0 saturated heterocycles. The van der Waals surface area contributed by atoms with Crippen LogP contribution >= 0.6 is 0 Å². The number of nitrogens with one attached hydrogen (secondary N) is 1. The van der Waals surface area contributed by atoms with Crippen molar-refractivity contribution in [2.45, 2.75) is 32.2 Å². The van der Waals surface area contributed by atoms with Gasteiger partial charge in [0.2, 0.25) is 0 Å². The fourth-order valence-electron chi connectivity index (χ4n) is 1.54. The van der Waals surface area contributed by atoms with Gasteiger partial charge in [-0.2, -0.15) is 12.7 Å². The predicted octanol–water partition coefficient (Wildman–Crippen LogP) is -0.313. The summed E-state index contributed by atoms with van der Waals surface area (Å²) < 4.78 is 27.1. The highest BCUT2D eigenvalue weighted by Crippen LogP contribution is 2.26. The third-order valence-corrected chi connectivity index (χ3v) is 4.19. The maximum atomic E-state index is 11.7. The van der Waals surface area contributed by atoms with E-state index in [4.69, 9.17) is 5.11 Å². The molecule has 84 valence electrons. The van der Waals surface area contributed by atoms with Crippen molar-refractivity contribution in [3.8, 4) is 0 Å². The van der Waals surface area contributed by atoms with Gasteiger partial charge in [-0.3, -0.25) is 0 Å². The lowest BCUT2D eigenvalue weighted by Gasteiger charge is -2.35. The Morgan fingerprint density at radius 2 is 2.14 bits per heavy atom. The van der Waals surface area contributed by atoms with E-state index in [1.165, 1.54) is 4.31 Å². The summed E-state index contributed by atoms with van der Waals surface area (Å²) in [4.78, 5) is 0. The molecule has 1 saturated carbocycles.